The third-order valence-electron chi connectivity index (χ3n) is 9.42. The Morgan fingerprint density at radius 2 is 1.76 bits per heavy atom. The summed E-state index contributed by atoms with van der Waals surface area (Å²) in [7, 11) is 0. The number of hydrogen-bond acceptors (Lipinski definition) is 10. The number of nitrogens with zero attached hydrogens (tertiary/aromatic N) is 7. The Bertz CT molecular complexity index is 2220. The van der Waals surface area contributed by atoms with Gasteiger partial charge in [0, 0.05) is 23.9 Å². The molecule has 3 aromatic heterocycles. The van der Waals surface area contributed by atoms with Crippen molar-refractivity contribution in [2.45, 2.75) is 58.2 Å². The van der Waals surface area contributed by atoms with Crippen molar-refractivity contribution in [3.8, 4) is 33.1 Å². The molecular weight excluding hydrogens is 665 g/mol. The zero-order valence-corrected chi connectivity index (χ0v) is 29.5. The predicted octanol–water partition coefficient (Wildman–Crippen LogP) is 5.59. The first-order valence-electron chi connectivity index (χ1n) is 16.8. The number of nitrogens with one attached hydrogen (secondary N) is 1. The summed E-state index contributed by atoms with van der Waals surface area (Å²) in [5.41, 5.74) is 7.73. The number of aromatic nitrogens is 6. The first kappa shape index (κ1) is 33.9. The van der Waals surface area contributed by atoms with Gasteiger partial charge in [-0.15, -0.1) is 26.6 Å². The second-order valence-electron chi connectivity index (χ2n) is 13.3. The summed E-state index contributed by atoms with van der Waals surface area (Å²) < 4.78 is 1.60. The molecule has 1 aliphatic heterocycles. The number of amides is 2. The van der Waals surface area contributed by atoms with Crippen LogP contribution in [-0.2, 0) is 9.59 Å². The Kier molecular flexibility index (Phi) is 9.32. The van der Waals surface area contributed by atoms with Crippen molar-refractivity contribution >= 4 is 34.1 Å². The van der Waals surface area contributed by atoms with E-state index in [1.165, 1.54) is 4.90 Å². The number of rotatable bonds is 9. The molecule has 2 amide bonds. The van der Waals surface area contributed by atoms with E-state index in [0.29, 0.717) is 28.2 Å². The molecule has 1 saturated heterocycles. The molecule has 4 heterocycles. The van der Waals surface area contributed by atoms with E-state index in [9.17, 15) is 19.8 Å². The summed E-state index contributed by atoms with van der Waals surface area (Å²) in [5.74, 6) is -1.36. The summed E-state index contributed by atoms with van der Waals surface area (Å²) in [5, 5.41) is 42.2. The quantitative estimate of drug-likeness (QED) is 0.175. The molecule has 1 aliphatic rings. The molecule has 7 rings (SSSR count). The van der Waals surface area contributed by atoms with Gasteiger partial charge in [0.25, 0.3) is 0 Å². The lowest BCUT2D eigenvalue weighted by molar-refractivity contribution is -0.140. The molecule has 1 fully saturated rings. The summed E-state index contributed by atoms with van der Waals surface area (Å²) in [6.45, 7) is 7.80. The lowest BCUT2D eigenvalue weighted by atomic mass is 9.91. The number of aliphatic hydroxyl groups is 1. The van der Waals surface area contributed by atoms with Gasteiger partial charge in [-0.1, -0.05) is 55.5 Å². The summed E-state index contributed by atoms with van der Waals surface area (Å²) in [4.78, 5) is 34.8. The summed E-state index contributed by atoms with van der Waals surface area (Å²) >= 11 is 1.59. The van der Waals surface area contributed by atoms with E-state index in [0.717, 1.165) is 27.1 Å². The van der Waals surface area contributed by atoms with Crippen LogP contribution in [0.4, 0.5) is 0 Å². The second-order valence-corrected chi connectivity index (χ2v) is 14.2. The van der Waals surface area contributed by atoms with Gasteiger partial charge in [-0.3, -0.25) is 9.59 Å². The van der Waals surface area contributed by atoms with Crippen LogP contribution in [0.1, 0.15) is 56.1 Å². The highest BCUT2D eigenvalue weighted by Gasteiger charge is 2.43. The number of aliphatic hydroxyl groups excluding tert-OH is 1. The van der Waals surface area contributed by atoms with Crippen LogP contribution in [0, 0.1) is 12.8 Å². The zero-order chi connectivity index (χ0) is 35.8. The zero-order valence-electron chi connectivity index (χ0n) is 28.6. The number of hydrogen-bond donors (Lipinski definition) is 3. The SMILES string of the molecule is Cc1ncsc1-c1ccc([C@H](C)NC(=O)[C@@H]2C[C@@H](O)CN2C(=O)[C@@H](c2cn(-c3ccc4nnc(-c5ccccc5O)cc4c3)nn2)C(C)C)cc1. The molecule has 0 unspecified atom stereocenters. The van der Waals surface area contributed by atoms with Crippen molar-refractivity contribution < 1.29 is 19.8 Å². The average molecular weight is 703 g/mol. The van der Waals surface area contributed by atoms with E-state index in [-0.39, 0.29) is 42.5 Å². The number of phenols is 1. The van der Waals surface area contributed by atoms with Gasteiger partial charge in [-0.05, 0) is 67.3 Å². The highest BCUT2D eigenvalue weighted by atomic mass is 32.1. The Hall–Kier alpha value is -5.53. The first-order chi connectivity index (χ1) is 24.6. The van der Waals surface area contributed by atoms with Crippen LogP contribution >= 0.6 is 11.3 Å². The molecule has 0 saturated carbocycles. The minimum absolute atomic E-state index is 0.0522. The van der Waals surface area contributed by atoms with Crippen LogP contribution in [0.3, 0.4) is 0 Å². The first-order valence-corrected chi connectivity index (χ1v) is 17.7. The van der Waals surface area contributed by atoms with E-state index in [1.54, 1.807) is 40.4 Å². The number of aryl methyl sites for hydroxylation is 1. The Balaban J connectivity index is 1.08. The molecule has 0 bridgehead atoms. The van der Waals surface area contributed by atoms with Gasteiger partial charge in [0.2, 0.25) is 11.8 Å². The second kappa shape index (κ2) is 14.0. The molecule has 12 nitrogen and oxygen atoms in total. The molecule has 0 spiro atoms. The molecule has 260 valence electrons. The number of carbonyl (C=O) groups excluding carboxylic acids is 2. The molecule has 13 heteroatoms. The maximum absolute atomic E-state index is 14.2. The van der Waals surface area contributed by atoms with E-state index in [4.69, 9.17) is 0 Å². The highest BCUT2D eigenvalue weighted by Crippen LogP contribution is 2.33. The molecule has 6 aromatic rings. The molecule has 4 atom stereocenters. The van der Waals surface area contributed by atoms with Gasteiger partial charge >= 0.3 is 0 Å². The molecular formula is C38H38N8O4S. The normalized spacial score (nSPS) is 17.2. The number of carbonyl (C=O) groups is 2. The number of para-hydroxylation sites is 1. The van der Waals surface area contributed by atoms with E-state index >= 15 is 0 Å². The Morgan fingerprint density at radius 3 is 2.49 bits per heavy atom. The van der Waals surface area contributed by atoms with Gasteiger partial charge in [-0.2, -0.15) is 0 Å². The van der Waals surface area contributed by atoms with E-state index < -0.39 is 18.1 Å². The highest BCUT2D eigenvalue weighted by molar-refractivity contribution is 7.13. The van der Waals surface area contributed by atoms with Gasteiger partial charge in [0.1, 0.15) is 11.8 Å². The standard InChI is InChI=1S/C38H38N8O4S/c1-21(2)35(32-19-46(44-43-32)27-13-14-30-26(15-27)16-31(42-41-30)29-7-5-6-8-34(29)48)38(50)45-18-28(47)17-33(45)37(49)40-22(3)24-9-11-25(12-10-24)36-23(4)39-20-51-36/h5-16,19-22,28,33,35,47-48H,17-18H2,1-4H3,(H,40,49)/t22-,28+,33-,35+/m0/s1. The number of fused-ring (bicyclic) bond motifs is 1. The third-order valence-corrected chi connectivity index (χ3v) is 10.4. The molecule has 3 N–H and O–H groups in total. The molecule has 0 radical (unpaired) electrons. The Morgan fingerprint density at radius 1 is 0.980 bits per heavy atom. The largest absolute Gasteiger partial charge is 0.507 e. The fraction of sp³-hybridized carbons (Fsp3) is 0.289. The van der Waals surface area contributed by atoms with Crippen molar-refractivity contribution in [1.82, 2.24) is 40.4 Å². The maximum atomic E-state index is 14.2. The fourth-order valence-corrected chi connectivity index (χ4v) is 7.49. The fourth-order valence-electron chi connectivity index (χ4n) is 6.68. The monoisotopic (exact) mass is 702 g/mol. The average Bonchev–Trinajstić information content (AvgIpc) is 3.88. The van der Waals surface area contributed by atoms with Gasteiger partial charge in [0.15, 0.2) is 0 Å². The number of likely N-dealkylation sites (tertiary alicyclic amines) is 1. The van der Waals surface area contributed by atoms with Crippen LogP contribution < -0.4 is 5.32 Å². The topological polar surface area (TPSA) is 159 Å². The van der Waals surface area contributed by atoms with Gasteiger partial charge in [0.05, 0.1) is 62.9 Å². The lowest BCUT2D eigenvalue weighted by Gasteiger charge is -2.29. The van der Waals surface area contributed by atoms with Crippen LogP contribution in [0.15, 0.2) is 84.5 Å². The number of aromatic hydroxyl groups is 1. The minimum atomic E-state index is -0.829. The summed E-state index contributed by atoms with van der Waals surface area (Å²) in [6, 6.07) is 21.2. The predicted molar refractivity (Wildman–Crippen MR) is 194 cm³/mol. The lowest BCUT2D eigenvalue weighted by Crippen LogP contribution is -2.48. The van der Waals surface area contributed by atoms with Crippen molar-refractivity contribution in [1.29, 1.82) is 0 Å². The van der Waals surface area contributed by atoms with Gasteiger partial charge < -0.3 is 20.4 Å². The smallest absolute Gasteiger partial charge is 0.243 e. The van der Waals surface area contributed by atoms with Crippen molar-refractivity contribution in [2.75, 3.05) is 6.54 Å². The van der Waals surface area contributed by atoms with Crippen LogP contribution in [-0.4, -0.2) is 75.8 Å². The maximum Gasteiger partial charge on any atom is 0.243 e. The number of β-amino-alcohol motifs (C(OH)–C–C–N with tert-alkyl or cyclic N) is 1. The molecule has 3 aromatic carbocycles. The van der Waals surface area contributed by atoms with Crippen molar-refractivity contribution in [2.24, 2.45) is 5.92 Å². The van der Waals surface area contributed by atoms with E-state index in [2.05, 4.69) is 30.8 Å². The van der Waals surface area contributed by atoms with Crippen molar-refractivity contribution in [3.63, 3.8) is 0 Å². The van der Waals surface area contributed by atoms with E-state index in [1.807, 2.05) is 87.8 Å². The minimum Gasteiger partial charge on any atom is -0.507 e. The molecule has 0 aliphatic carbocycles. The number of thiazole rings is 1. The third kappa shape index (κ3) is 6.82. The number of phenolic OH excluding ortho intramolecular Hbond substituents is 1. The van der Waals surface area contributed by atoms with Crippen LogP contribution in [0.2, 0.25) is 0 Å². The Labute approximate surface area is 298 Å². The number of benzene rings is 3. The van der Waals surface area contributed by atoms with Crippen molar-refractivity contribution in [3.05, 3.63) is 101 Å². The molecule has 51 heavy (non-hydrogen) atoms. The van der Waals surface area contributed by atoms with Crippen LogP contribution in [0.5, 0.6) is 5.75 Å². The summed E-state index contributed by atoms with van der Waals surface area (Å²) in [6.07, 6.45) is 1.05. The van der Waals surface area contributed by atoms with Crippen LogP contribution in [0.25, 0.3) is 38.3 Å². The van der Waals surface area contributed by atoms with Gasteiger partial charge in [-0.25, -0.2) is 9.67 Å².